The number of morpholine rings is 1. The molecule has 0 spiro atoms. The molecular formula is C20H30ClN5O. The zero-order valence-electron chi connectivity index (χ0n) is 16.1. The van der Waals surface area contributed by atoms with Gasteiger partial charge >= 0.3 is 0 Å². The van der Waals surface area contributed by atoms with Gasteiger partial charge in [-0.1, -0.05) is 18.6 Å². The average molecular weight is 392 g/mol. The van der Waals surface area contributed by atoms with Crippen molar-refractivity contribution in [3.63, 3.8) is 0 Å². The van der Waals surface area contributed by atoms with Crippen LogP contribution in [0.25, 0.3) is 0 Å². The molecule has 2 heterocycles. The lowest BCUT2D eigenvalue weighted by Gasteiger charge is -2.33. The predicted octanol–water partition coefficient (Wildman–Crippen LogP) is 2.93. The third-order valence-corrected chi connectivity index (χ3v) is 5.61. The largest absolute Gasteiger partial charge is 0.382 e. The molecule has 6 nitrogen and oxygen atoms in total. The van der Waals surface area contributed by atoms with Crippen molar-refractivity contribution in [3.8, 4) is 0 Å². The molecule has 1 saturated carbocycles. The molecule has 7 heteroatoms. The zero-order valence-corrected chi connectivity index (χ0v) is 17.0. The summed E-state index contributed by atoms with van der Waals surface area (Å²) in [4.78, 5) is 4.39. The molecule has 27 heavy (non-hydrogen) atoms. The van der Waals surface area contributed by atoms with Crippen LogP contribution in [0.3, 0.4) is 0 Å². The summed E-state index contributed by atoms with van der Waals surface area (Å²) in [6, 6.07) is 9.69. The lowest BCUT2D eigenvalue weighted by atomic mass is 9.93. The van der Waals surface area contributed by atoms with Crippen LogP contribution in [-0.2, 0) is 11.3 Å². The van der Waals surface area contributed by atoms with Gasteiger partial charge in [0.2, 0.25) is 0 Å². The fourth-order valence-electron chi connectivity index (χ4n) is 4.37. The number of rotatable bonds is 5. The second-order valence-corrected chi connectivity index (χ2v) is 7.55. The minimum Gasteiger partial charge on any atom is -0.382 e. The number of halogens is 1. The Labute approximate surface area is 167 Å². The van der Waals surface area contributed by atoms with Gasteiger partial charge in [-0.05, 0) is 50.3 Å². The SMILES string of the molecule is Cc1nc(C)n(Cc2cccc(NC3CCCC3C3COCCN3)c2)n1.Cl. The van der Waals surface area contributed by atoms with E-state index >= 15 is 0 Å². The molecular weight excluding hydrogens is 362 g/mol. The normalized spacial score (nSPS) is 25.2. The maximum absolute atomic E-state index is 5.69. The summed E-state index contributed by atoms with van der Waals surface area (Å²) in [7, 11) is 0. The van der Waals surface area contributed by atoms with E-state index in [-0.39, 0.29) is 12.4 Å². The van der Waals surface area contributed by atoms with Crippen molar-refractivity contribution in [2.24, 2.45) is 5.92 Å². The number of hydrogen-bond acceptors (Lipinski definition) is 5. The number of benzene rings is 1. The molecule has 2 aliphatic rings. The van der Waals surface area contributed by atoms with Gasteiger partial charge in [-0.2, -0.15) is 5.10 Å². The van der Waals surface area contributed by atoms with Crippen molar-refractivity contribution in [1.82, 2.24) is 20.1 Å². The Balaban J connectivity index is 0.00000210. The van der Waals surface area contributed by atoms with E-state index < -0.39 is 0 Å². The number of aromatic nitrogens is 3. The lowest BCUT2D eigenvalue weighted by Crippen LogP contribution is -2.49. The Morgan fingerprint density at radius 3 is 2.93 bits per heavy atom. The minimum atomic E-state index is 0. The highest BCUT2D eigenvalue weighted by molar-refractivity contribution is 5.85. The molecule has 1 aliphatic carbocycles. The van der Waals surface area contributed by atoms with Gasteiger partial charge in [-0.3, -0.25) is 0 Å². The smallest absolute Gasteiger partial charge is 0.147 e. The summed E-state index contributed by atoms with van der Waals surface area (Å²) in [6.07, 6.45) is 3.79. The van der Waals surface area contributed by atoms with E-state index in [0.717, 1.165) is 38.0 Å². The topological polar surface area (TPSA) is 64.0 Å². The molecule has 2 N–H and O–H groups in total. The van der Waals surface area contributed by atoms with Gasteiger partial charge in [0, 0.05) is 24.3 Å². The first-order valence-electron chi connectivity index (χ1n) is 9.74. The van der Waals surface area contributed by atoms with Gasteiger partial charge in [-0.25, -0.2) is 9.67 Å². The number of nitrogens with one attached hydrogen (secondary N) is 2. The first kappa shape index (κ1) is 20.1. The average Bonchev–Trinajstić information content (AvgIpc) is 3.22. The van der Waals surface area contributed by atoms with Crippen LogP contribution >= 0.6 is 12.4 Å². The molecule has 3 atom stereocenters. The van der Waals surface area contributed by atoms with Gasteiger partial charge in [0.05, 0.1) is 19.8 Å². The van der Waals surface area contributed by atoms with Gasteiger partial charge in [0.1, 0.15) is 11.6 Å². The van der Waals surface area contributed by atoms with Crippen LogP contribution in [0.1, 0.15) is 36.5 Å². The summed E-state index contributed by atoms with van der Waals surface area (Å²) >= 11 is 0. The standard InChI is InChI=1S/C20H29N5O.ClH/c1-14-22-15(2)25(24-14)12-16-5-3-6-17(11-16)23-19-8-4-7-18(19)20-13-26-10-9-21-20;/h3,5-6,11,18-21,23H,4,7-10,12-13H2,1-2H3;1H. The number of aryl methyl sites for hydroxylation is 2. The van der Waals surface area contributed by atoms with Crippen LogP contribution in [0.15, 0.2) is 24.3 Å². The van der Waals surface area contributed by atoms with Crippen molar-refractivity contribution in [2.45, 2.75) is 51.7 Å². The van der Waals surface area contributed by atoms with Gasteiger partial charge in [0.15, 0.2) is 0 Å². The molecule has 2 fully saturated rings. The number of nitrogens with zero attached hydrogens (tertiary/aromatic N) is 3. The highest BCUT2D eigenvalue weighted by atomic mass is 35.5. The molecule has 0 radical (unpaired) electrons. The first-order valence-corrected chi connectivity index (χ1v) is 9.74. The van der Waals surface area contributed by atoms with E-state index in [2.05, 4.69) is 45.0 Å². The minimum absolute atomic E-state index is 0. The number of anilines is 1. The fourth-order valence-corrected chi connectivity index (χ4v) is 4.37. The van der Waals surface area contributed by atoms with Crippen LogP contribution < -0.4 is 10.6 Å². The van der Waals surface area contributed by atoms with Crippen molar-refractivity contribution < 1.29 is 4.74 Å². The zero-order chi connectivity index (χ0) is 17.9. The van der Waals surface area contributed by atoms with Crippen molar-refractivity contribution in [3.05, 3.63) is 41.5 Å². The Kier molecular flexibility index (Phi) is 6.73. The van der Waals surface area contributed by atoms with E-state index in [1.165, 1.54) is 30.5 Å². The molecule has 1 saturated heterocycles. The molecule has 3 unspecified atom stereocenters. The van der Waals surface area contributed by atoms with Gasteiger partial charge in [0.25, 0.3) is 0 Å². The monoisotopic (exact) mass is 391 g/mol. The van der Waals surface area contributed by atoms with Crippen LogP contribution in [0.4, 0.5) is 5.69 Å². The molecule has 148 valence electrons. The first-order chi connectivity index (χ1) is 12.7. The predicted molar refractivity (Wildman–Crippen MR) is 110 cm³/mol. The van der Waals surface area contributed by atoms with Gasteiger partial charge in [-0.15, -0.1) is 12.4 Å². The van der Waals surface area contributed by atoms with Crippen LogP contribution in [0.2, 0.25) is 0 Å². The van der Waals surface area contributed by atoms with Crippen molar-refractivity contribution in [2.75, 3.05) is 25.1 Å². The van der Waals surface area contributed by atoms with E-state index in [9.17, 15) is 0 Å². The van der Waals surface area contributed by atoms with Gasteiger partial charge < -0.3 is 15.4 Å². The fraction of sp³-hybridized carbons (Fsp3) is 0.600. The lowest BCUT2D eigenvalue weighted by molar-refractivity contribution is 0.0559. The summed E-state index contributed by atoms with van der Waals surface area (Å²) in [5.41, 5.74) is 2.45. The Morgan fingerprint density at radius 1 is 1.30 bits per heavy atom. The highest BCUT2D eigenvalue weighted by Crippen LogP contribution is 2.32. The van der Waals surface area contributed by atoms with Crippen LogP contribution in [-0.4, -0.2) is 46.6 Å². The molecule has 1 aromatic heterocycles. The maximum atomic E-state index is 5.69. The molecule has 4 rings (SSSR count). The Bertz CT molecular complexity index is 744. The van der Waals surface area contributed by atoms with E-state index in [1.54, 1.807) is 0 Å². The molecule has 2 aromatic rings. The Hall–Kier alpha value is -1.63. The van der Waals surface area contributed by atoms with E-state index in [4.69, 9.17) is 4.74 Å². The molecule has 1 aromatic carbocycles. The number of hydrogen-bond donors (Lipinski definition) is 2. The summed E-state index contributed by atoms with van der Waals surface area (Å²) in [5.74, 6) is 2.42. The Morgan fingerprint density at radius 2 is 2.19 bits per heavy atom. The summed E-state index contributed by atoms with van der Waals surface area (Å²) < 4.78 is 7.65. The van der Waals surface area contributed by atoms with Crippen LogP contribution in [0.5, 0.6) is 0 Å². The maximum Gasteiger partial charge on any atom is 0.147 e. The third kappa shape index (κ3) is 4.81. The molecule has 0 bridgehead atoms. The van der Waals surface area contributed by atoms with Crippen molar-refractivity contribution in [1.29, 1.82) is 0 Å². The summed E-state index contributed by atoms with van der Waals surface area (Å²) in [5, 5.41) is 11.9. The summed E-state index contributed by atoms with van der Waals surface area (Å²) in [6.45, 7) is 7.35. The third-order valence-electron chi connectivity index (χ3n) is 5.61. The van der Waals surface area contributed by atoms with E-state index in [1.807, 2.05) is 18.5 Å². The molecule has 1 aliphatic heterocycles. The van der Waals surface area contributed by atoms with E-state index in [0.29, 0.717) is 18.0 Å². The second kappa shape index (κ2) is 9.04. The number of ether oxygens (including phenoxy) is 1. The second-order valence-electron chi connectivity index (χ2n) is 7.55. The molecule has 0 amide bonds. The highest BCUT2D eigenvalue weighted by Gasteiger charge is 2.34. The quantitative estimate of drug-likeness (QED) is 0.820. The van der Waals surface area contributed by atoms with Crippen molar-refractivity contribution >= 4 is 18.1 Å². The van der Waals surface area contributed by atoms with Crippen LogP contribution in [0, 0.1) is 19.8 Å².